The molecule has 1 aromatic rings. The van der Waals surface area contributed by atoms with Gasteiger partial charge >= 0.3 is 0 Å². The van der Waals surface area contributed by atoms with Gasteiger partial charge in [0, 0.05) is 31.7 Å². The summed E-state index contributed by atoms with van der Waals surface area (Å²) >= 11 is 0. The lowest BCUT2D eigenvalue weighted by atomic mass is 10.1. The maximum absolute atomic E-state index is 11.6. The lowest BCUT2D eigenvalue weighted by Crippen LogP contribution is -2.37. The lowest BCUT2D eigenvalue weighted by Gasteiger charge is -2.19. The van der Waals surface area contributed by atoms with Gasteiger partial charge in [0.15, 0.2) is 5.78 Å². The van der Waals surface area contributed by atoms with Gasteiger partial charge in [-0.05, 0) is 26.8 Å². The molecule has 0 aromatic carbocycles. The molecular weight excluding hydrogens is 190 g/mol. The zero-order valence-corrected chi connectivity index (χ0v) is 9.87. The largest absolute Gasteiger partial charge is 0.312 e. The highest BCUT2D eigenvalue weighted by Gasteiger charge is 2.12. The standard InChI is InChI=1S/C11H19N3O/c1-11(2,3)12-7-5-10(15)9-6-8-14(4)13-9/h6,8,12H,5,7H2,1-4H3. The van der Waals surface area contributed by atoms with Crippen LogP contribution >= 0.6 is 0 Å². The van der Waals surface area contributed by atoms with Gasteiger partial charge in [-0.1, -0.05) is 0 Å². The maximum Gasteiger partial charge on any atom is 0.184 e. The number of aromatic nitrogens is 2. The van der Waals surface area contributed by atoms with E-state index in [4.69, 9.17) is 0 Å². The summed E-state index contributed by atoms with van der Waals surface area (Å²) in [6.45, 7) is 6.94. The van der Waals surface area contributed by atoms with Crippen molar-refractivity contribution in [2.75, 3.05) is 6.54 Å². The Morgan fingerprint density at radius 3 is 2.67 bits per heavy atom. The summed E-state index contributed by atoms with van der Waals surface area (Å²) in [6, 6.07) is 1.75. The van der Waals surface area contributed by atoms with Crippen molar-refractivity contribution in [3.05, 3.63) is 18.0 Å². The van der Waals surface area contributed by atoms with Crippen molar-refractivity contribution < 1.29 is 4.79 Å². The molecule has 84 valence electrons. The van der Waals surface area contributed by atoms with E-state index in [2.05, 4.69) is 31.2 Å². The van der Waals surface area contributed by atoms with Gasteiger partial charge in [0.1, 0.15) is 5.69 Å². The molecule has 0 atom stereocenters. The third kappa shape index (κ3) is 4.25. The number of aryl methyl sites for hydroxylation is 1. The van der Waals surface area contributed by atoms with E-state index in [9.17, 15) is 4.79 Å². The molecule has 0 saturated heterocycles. The second-order valence-corrected chi connectivity index (χ2v) is 4.72. The number of nitrogens with one attached hydrogen (secondary N) is 1. The van der Waals surface area contributed by atoms with E-state index in [1.165, 1.54) is 0 Å². The first-order valence-corrected chi connectivity index (χ1v) is 5.16. The maximum atomic E-state index is 11.6. The summed E-state index contributed by atoms with van der Waals surface area (Å²) in [7, 11) is 1.81. The van der Waals surface area contributed by atoms with Gasteiger partial charge in [-0.3, -0.25) is 9.48 Å². The number of nitrogens with zero attached hydrogens (tertiary/aromatic N) is 2. The van der Waals surface area contributed by atoms with Crippen LogP contribution in [0.25, 0.3) is 0 Å². The molecule has 0 aliphatic carbocycles. The number of hydrogen-bond donors (Lipinski definition) is 1. The molecule has 0 radical (unpaired) electrons. The fourth-order valence-corrected chi connectivity index (χ4v) is 1.24. The number of rotatable bonds is 4. The van der Waals surface area contributed by atoms with Crippen LogP contribution in [0.15, 0.2) is 12.3 Å². The average Bonchev–Trinajstić information content (AvgIpc) is 2.49. The Morgan fingerprint density at radius 1 is 1.53 bits per heavy atom. The summed E-state index contributed by atoms with van der Waals surface area (Å²) in [5.41, 5.74) is 0.609. The van der Waals surface area contributed by atoms with Crippen molar-refractivity contribution in [1.29, 1.82) is 0 Å². The van der Waals surface area contributed by atoms with E-state index in [1.807, 2.05) is 7.05 Å². The molecule has 0 saturated carbocycles. The first kappa shape index (κ1) is 11.9. The van der Waals surface area contributed by atoms with Gasteiger partial charge in [-0.2, -0.15) is 5.10 Å². The Hall–Kier alpha value is -1.16. The van der Waals surface area contributed by atoms with Crippen LogP contribution in [0.3, 0.4) is 0 Å². The average molecular weight is 209 g/mol. The van der Waals surface area contributed by atoms with Crippen LogP contribution in [0, 0.1) is 0 Å². The summed E-state index contributed by atoms with van der Waals surface area (Å²) < 4.78 is 1.64. The number of carbonyl (C=O) groups is 1. The zero-order valence-electron chi connectivity index (χ0n) is 9.87. The molecule has 0 spiro atoms. The molecule has 1 rings (SSSR count). The Morgan fingerprint density at radius 2 is 2.20 bits per heavy atom. The van der Waals surface area contributed by atoms with E-state index in [1.54, 1.807) is 16.9 Å². The summed E-state index contributed by atoms with van der Waals surface area (Å²) in [4.78, 5) is 11.6. The highest BCUT2D eigenvalue weighted by molar-refractivity contribution is 5.94. The third-order valence-corrected chi connectivity index (χ3v) is 2.01. The van der Waals surface area contributed by atoms with Crippen molar-refractivity contribution in [2.45, 2.75) is 32.7 Å². The van der Waals surface area contributed by atoms with Crippen molar-refractivity contribution >= 4 is 5.78 Å². The summed E-state index contributed by atoms with van der Waals surface area (Å²) in [5, 5.41) is 7.34. The predicted molar refractivity (Wildman–Crippen MR) is 59.9 cm³/mol. The number of hydrogen-bond acceptors (Lipinski definition) is 3. The Bertz CT molecular complexity index is 336. The molecule has 4 nitrogen and oxygen atoms in total. The van der Waals surface area contributed by atoms with Crippen molar-refractivity contribution in [3.63, 3.8) is 0 Å². The van der Waals surface area contributed by atoms with E-state index in [0.717, 1.165) is 0 Å². The molecule has 4 heteroatoms. The summed E-state index contributed by atoms with van der Waals surface area (Å²) in [5.74, 6) is 0.0901. The van der Waals surface area contributed by atoms with Gasteiger partial charge in [0.05, 0.1) is 0 Å². The zero-order chi connectivity index (χ0) is 11.5. The normalized spacial score (nSPS) is 11.7. The van der Waals surface area contributed by atoms with E-state index in [0.29, 0.717) is 18.7 Å². The molecule has 1 heterocycles. The molecule has 0 fully saturated rings. The quantitative estimate of drug-likeness (QED) is 0.762. The van der Waals surface area contributed by atoms with Crippen LogP contribution in [0.5, 0.6) is 0 Å². The van der Waals surface area contributed by atoms with E-state index < -0.39 is 0 Å². The molecule has 1 N–H and O–H groups in total. The molecular formula is C11H19N3O. The Kier molecular flexibility index (Phi) is 3.63. The molecule has 0 aliphatic heterocycles. The topological polar surface area (TPSA) is 46.9 Å². The van der Waals surface area contributed by atoms with Crippen LogP contribution in [0.1, 0.15) is 37.7 Å². The van der Waals surface area contributed by atoms with Crippen LogP contribution in [-0.2, 0) is 7.05 Å². The second kappa shape index (κ2) is 4.57. The van der Waals surface area contributed by atoms with Crippen LogP contribution in [-0.4, -0.2) is 27.6 Å². The van der Waals surface area contributed by atoms with E-state index >= 15 is 0 Å². The van der Waals surface area contributed by atoms with Gasteiger partial charge < -0.3 is 5.32 Å². The molecule has 15 heavy (non-hydrogen) atoms. The highest BCUT2D eigenvalue weighted by Crippen LogP contribution is 2.02. The number of Topliss-reactive ketones (excluding diaryl/α,β-unsaturated/α-hetero) is 1. The fraction of sp³-hybridized carbons (Fsp3) is 0.636. The minimum Gasteiger partial charge on any atom is -0.312 e. The second-order valence-electron chi connectivity index (χ2n) is 4.72. The fourth-order valence-electron chi connectivity index (χ4n) is 1.24. The van der Waals surface area contributed by atoms with Gasteiger partial charge in [-0.15, -0.1) is 0 Å². The van der Waals surface area contributed by atoms with E-state index in [-0.39, 0.29) is 11.3 Å². The molecule has 0 bridgehead atoms. The van der Waals surface area contributed by atoms with Crippen molar-refractivity contribution in [3.8, 4) is 0 Å². The lowest BCUT2D eigenvalue weighted by molar-refractivity contribution is 0.0975. The number of carbonyl (C=O) groups excluding carboxylic acids is 1. The molecule has 0 unspecified atom stereocenters. The highest BCUT2D eigenvalue weighted by atomic mass is 16.1. The van der Waals surface area contributed by atoms with Crippen molar-refractivity contribution in [2.24, 2.45) is 7.05 Å². The molecule has 0 aliphatic rings. The first-order valence-electron chi connectivity index (χ1n) is 5.16. The molecule has 0 amide bonds. The molecule has 1 aromatic heterocycles. The van der Waals surface area contributed by atoms with Crippen LogP contribution in [0.2, 0.25) is 0 Å². The van der Waals surface area contributed by atoms with Gasteiger partial charge in [0.25, 0.3) is 0 Å². The van der Waals surface area contributed by atoms with Crippen LogP contribution in [0.4, 0.5) is 0 Å². The Balaban J connectivity index is 2.37. The number of ketones is 1. The predicted octanol–water partition coefficient (Wildman–Crippen LogP) is 1.38. The Labute approximate surface area is 90.7 Å². The monoisotopic (exact) mass is 209 g/mol. The smallest absolute Gasteiger partial charge is 0.184 e. The van der Waals surface area contributed by atoms with Gasteiger partial charge in [-0.25, -0.2) is 0 Å². The van der Waals surface area contributed by atoms with Crippen LogP contribution < -0.4 is 5.32 Å². The SMILES string of the molecule is Cn1ccc(C(=O)CCNC(C)(C)C)n1. The van der Waals surface area contributed by atoms with Crippen molar-refractivity contribution in [1.82, 2.24) is 15.1 Å². The minimum atomic E-state index is 0.0599. The first-order chi connectivity index (χ1) is 6.88. The minimum absolute atomic E-state index is 0.0599. The summed E-state index contributed by atoms with van der Waals surface area (Å²) in [6.07, 6.45) is 2.28. The third-order valence-electron chi connectivity index (χ3n) is 2.01. The van der Waals surface area contributed by atoms with Gasteiger partial charge in [0.2, 0.25) is 0 Å².